The predicted octanol–water partition coefficient (Wildman–Crippen LogP) is 4.50. The fourth-order valence-corrected chi connectivity index (χ4v) is 2.90. The van der Waals surface area contributed by atoms with Gasteiger partial charge in [0.1, 0.15) is 5.69 Å². The number of H-pyrrole nitrogens is 1. The molecule has 1 N–H and O–H groups in total. The van der Waals surface area contributed by atoms with Crippen molar-refractivity contribution in [1.29, 1.82) is 0 Å². The number of ketones is 1. The number of hydrogen-bond donors (Lipinski definition) is 1. The Morgan fingerprint density at radius 1 is 1.14 bits per heavy atom. The highest BCUT2D eigenvalue weighted by atomic mass is 16.5. The minimum absolute atomic E-state index is 0.186. The second-order valence-electron chi connectivity index (χ2n) is 6.30. The molecule has 0 amide bonds. The summed E-state index contributed by atoms with van der Waals surface area (Å²) in [6, 6.07) is 5.49. The molecule has 0 spiro atoms. The van der Waals surface area contributed by atoms with Gasteiger partial charge in [0.05, 0.1) is 20.3 Å². The van der Waals surface area contributed by atoms with E-state index in [-0.39, 0.29) is 12.4 Å². The fourth-order valence-electron chi connectivity index (χ4n) is 2.90. The number of esters is 1. The standard InChI is InChI=1S/C22H27NO5/c1-6-12-28-19-13-16(9-11-18(19)26-5)8-10-17(24)20-14(3)21(23-15(20)4)22(25)27-7-2/h8-11,13,23H,6-7,12H2,1-5H3/b10-8+. The molecule has 1 aromatic heterocycles. The van der Waals surface area contributed by atoms with Gasteiger partial charge in [0.2, 0.25) is 0 Å². The van der Waals surface area contributed by atoms with E-state index >= 15 is 0 Å². The van der Waals surface area contributed by atoms with Gasteiger partial charge in [0.15, 0.2) is 17.3 Å². The van der Waals surface area contributed by atoms with Crippen LogP contribution in [0.25, 0.3) is 6.08 Å². The predicted molar refractivity (Wildman–Crippen MR) is 108 cm³/mol. The number of benzene rings is 1. The first-order chi connectivity index (χ1) is 13.4. The summed E-state index contributed by atoms with van der Waals surface area (Å²) in [6.45, 7) is 8.13. The summed E-state index contributed by atoms with van der Waals surface area (Å²) in [6.07, 6.45) is 4.09. The van der Waals surface area contributed by atoms with Crippen molar-refractivity contribution in [2.24, 2.45) is 0 Å². The summed E-state index contributed by atoms with van der Waals surface area (Å²) < 4.78 is 16.0. The Morgan fingerprint density at radius 3 is 2.54 bits per heavy atom. The molecule has 28 heavy (non-hydrogen) atoms. The SMILES string of the molecule is CCCOc1cc(/C=C/C(=O)c2c(C)[nH]c(C(=O)OCC)c2C)ccc1OC. The highest BCUT2D eigenvalue weighted by Crippen LogP contribution is 2.29. The zero-order valence-corrected chi connectivity index (χ0v) is 17.0. The highest BCUT2D eigenvalue weighted by Gasteiger charge is 2.21. The zero-order chi connectivity index (χ0) is 20.7. The van der Waals surface area contributed by atoms with Crippen LogP contribution in [0.15, 0.2) is 24.3 Å². The molecule has 1 heterocycles. The van der Waals surface area contributed by atoms with Crippen molar-refractivity contribution in [3.05, 3.63) is 52.4 Å². The number of rotatable bonds is 9. The van der Waals surface area contributed by atoms with Crippen molar-refractivity contribution in [2.45, 2.75) is 34.1 Å². The van der Waals surface area contributed by atoms with Crippen molar-refractivity contribution in [1.82, 2.24) is 4.98 Å². The largest absolute Gasteiger partial charge is 0.493 e. The first kappa shape index (κ1) is 21.3. The molecule has 0 atom stereocenters. The van der Waals surface area contributed by atoms with E-state index in [9.17, 15) is 9.59 Å². The molecule has 0 unspecified atom stereocenters. The van der Waals surface area contributed by atoms with E-state index in [2.05, 4.69) is 4.98 Å². The first-order valence-electron chi connectivity index (χ1n) is 9.32. The molecule has 6 heteroatoms. The molecule has 0 aliphatic heterocycles. The van der Waals surface area contributed by atoms with Crippen LogP contribution in [-0.4, -0.2) is 37.1 Å². The number of methoxy groups -OCH3 is 1. The number of hydrogen-bond acceptors (Lipinski definition) is 5. The summed E-state index contributed by atoms with van der Waals surface area (Å²) >= 11 is 0. The Morgan fingerprint density at radius 2 is 1.89 bits per heavy atom. The minimum atomic E-state index is -0.459. The molecule has 0 bridgehead atoms. The summed E-state index contributed by atoms with van der Waals surface area (Å²) in [5.41, 5.74) is 2.84. The third kappa shape index (κ3) is 4.82. The summed E-state index contributed by atoms with van der Waals surface area (Å²) in [7, 11) is 1.59. The Labute approximate surface area is 165 Å². The van der Waals surface area contributed by atoms with Gasteiger partial charge in [0.25, 0.3) is 0 Å². The van der Waals surface area contributed by atoms with Crippen LogP contribution < -0.4 is 9.47 Å². The molecule has 0 saturated heterocycles. The number of ether oxygens (including phenoxy) is 3. The normalized spacial score (nSPS) is 10.9. The number of aromatic amines is 1. The lowest BCUT2D eigenvalue weighted by atomic mass is 10.0. The van der Waals surface area contributed by atoms with E-state index in [0.29, 0.717) is 40.6 Å². The Balaban J connectivity index is 2.25. The average Bonchev–Trinajstić information content (AvgIpc) is 2.99. The molecule has 0 radical (unpaired) electrons. The first-order valence-corrected chi connectivity index (χ1v) is 9.32. The van der Waals surface area contributed by atoms with Gasteiger partial charge in [-0.3, -0.25) is 4.79 Å². The molecular formula is C22H27NO5. The average molecular weight is 385 g/mol. The van der Waals surface area contributed by atoms with Gasteiger partial charge < -0.3 is 19.2 Å². The molecule has 150 valence electrons. The number of carbonyl (C=O) groups excluding carboxylic acids is 2. The maximum absolute atomic E-state index is 12.7. The van der Waals surface area contributed by atoms with Gasteiger partial charge in [-0.1, -0.05) is 19.1 Å². The Bertz CT molecular complexity index is 879. The number of carbonyl (C=O) groups is 2. The van der Waals surface area contributed by atoms with Gasteiger partial charge in [-0.15, -0.1) is 0 Å². The van der Waals surface area contributed by atoms with Gasteiger partial charge in [-0.25, -0.2) is 4.79 Å². The van der Waals surface area contributed by atoms with Gasteiger partial charge >= 0.3 is 5.97 Å². The molecule has 0 aliphatic carbocycles. The Hall–Kier alpha value is -3.02. The summed E-state index contributed by atoms with van der Waals surface area (Å²) in [4.78, 5) is 27.7. The number of aromatic nitrogens is 1. The van der Waals surface area contributed by atoms with Crippen LogP contribution in [0.1, 0.15) is 57.9 Å². The molecule has 0 aliphatic rings. The molecule has 0 fully saturated rings. The van der Waals surface area contributed by atoms with E-state index in [1.54, 1.807) is 40.0 Å². The topological polar surface area (TPSA) is 77.6 Å². The van der Waals surface area contributed by atoms with Crippen LogP contribution in [0.2, 0.25) is 0 Å². The smallest absolute Gasteiger partial charge is 0.355 e. The lowest BCUT2D eigenvalue weighted by Gasteiger charge is -2.10. The van der Waals surface area contributed by atoms with E-state index < -0.39 is 5.97 Å². The molecule has 2 aromatic rings. The highest BCUT2D eigenvalue weighted by molar-refractivity contribution is 6.10. The monoisotopic (exact) mass is 385 g/mol. The Kier molecular flexibility index (Phi) is 7.44. The van der Waals surface area contributed by atoms with E-state index in [1.807, 2.05) is 19.1 Å². The number of nitrogens with one attached hydrogen (secondary N) is 1. The van der Waals surface area contributed by atoms with Crippen molar-refractivity contribution in [3.8, 4) is 11.5 Å². The quantitative estimate of drug-likeness (QED) is 0.391. The molecule has 0 saturated carbocycles. The van der Waals surface area contributed by atoms with E-state index in [1.165, 1.54) is 6.08 Å². The third-order valence-electron chi connectivity index (χ3n) is 4.24. The van der Waals surface area contributed by atoms with Gasteiger partial charge in [-0.05, 0) is 56.5 Å². The van der Waals surface area contributed by atoms with Crippen LogP contribution in [-0.2, 0) is 4.74 Å². The van der Waals surface area contributed by atoms with Crippen molar-refractivity contribution in [3.63, 3.8) is 0 Å². The van der Waals surface area contributed by atoms with Crippen molar-refractivity contribution < 1.29 is 23.8 Å². The molecular weight excluding hydrogens is 358 g/mol. The zero-order valence-electron chi connectivity index (χ0n) is 17.0. The molecule has 2 rings (SSSR count). The second-order valence-corrected chi connectivity index (χ2v) is 6.30. The molecule has 6 nitrogen and oxygen atoms in total. The maximum atomic E-state index is 12.7. The van der Waals surface area contributed by atoms with E-state index in [4.69, 9.17) is 14.2 Å². The summed E-state index contributed by atoms with van der Waals surface area (Å²) in [5, 5.41) is 0. The van der Waals surface area contributed by atoms with Crippen molar-refractivity contribution >= 4 is 17.8 Å². The maximum Gasteiger partial charge on any atom is 0.355 e. The summed E-state index contributed by atoms with van der Waals surface area (Å²) in [5.74, 6) is 0.638. The van der Waals surface area contributed by atoms with Crippen LogP contribution in [0.3, 0.4) is 0 Å². The lowest BCUT2D eigenvalue weighted by Crippen LogP contribution is -2.07. The van der Waals surface area contributed by atoms with Crippen LogP contribution in [0, 0.1) is 13.8 Å². The van der Waals surface area contributed by atoms with Crippen molar-refractivity contribution in [2.75, 3.05) is 20.3 Å². The second kappa shape index (κ2) is 9.78. The molecule has 1 aromatic carbocycles. The number of allylic oxidation sites excluding steroid dienone is 1. The van der Waals surface area contributed by atoms with Crippen LogP contribution in [0.5, 0.6) is 11.5 Å². The number of aryl methyl sites for hydroxylation is 1. The van der Waals surface area contributed by atoms with Gasteiger partial charge in [0, 0.05) is 11.3 Å². The minimum Gasteiger partial charge on any atom is -0.493 e. The lowest BCUT2D eigenvalue weighted by molar-refractivity contribution is 0.0519. The third-order valence-corrected chi connectivity index (χ3v) is 4.24. The van der Waals surface area contributed by atoms with E-state index in [0.717, 1.165) is 12.0 Å². The van der Waals surface area contributed by atoms with Crippen LogP contribution in [0.4, 0.5) is 0 Å². The van der Waals surface area contributed by atoms with Gasteiger partial charge in [-0.2, -0.15) is 0 Å². The fraction of sp³-hybridized carbons (Fsp3) is 0.364. The van der Waals surface area contributed by atoms with Crippen LogP contribution >= 0.6 is 0 Å².